The Labute approximate surface area is 61.3 Å². The molecule has 0 aliphatic rings. The van der Waals surface area contributed by atoms with Gasteiger partial charge in [0, 0.05) is 0 Å². The van der Waals surface area contributed by atoms with E-state index in [-0.39, 0.29) is 0 Å². The van der Waals surface area contributed by atoms with Gasteiger partial charge in [-0.25, -0.2) is 0 Å². The number of rotatable bonds is 4. The van der Waals surface area contributed by atoms with Crippen LogP contribution in [0.5, 0.6) is 0 Å². The summed E-state index contributed by atoms with van der Waals surface area (Å²) in [5, 5.41) is 0. The van der Waals surface area contributed by atoms with Crippen LogP contribution in [-0.2, 0) is 3.07 Å². The molecule has 4 heteroatoms. The average Bonchev–Trinajstić information content (AvgIpc) is 1.66. The van der Waals surface area contributed by atoms with Crippen molar-refractivity contribution in [3.05, 3.63) is 0 Å². The fraction of sp³-hybridized carbons (Fsp3) is 1.00. The molecule has 0 saturated carbocycles. The maximum atomic E-state index is 8.53. The van der Waals surface area contributed by atoms with E-state index < -0.39 is 19.5 Å². The van der Waals surface area contributed by atoms with Crippen molar-refractivity contribution in [2.24, 2.45) is 0 Å². The van der Waals surface area contributed by atoms with E-state index in [1.54, 1.807) is 0 Å². The number of halogens is 1. The molecule has 0 radical (unpaired) electrons. The number of unbranched alkanes of at least 4 members (excludes halogenated alkanes) is 1. The van der Waals surface area contributed by atoms with Crippen LogP contribution >= 0.6 is 8.92 Å². The fourth-order valence-electron chi connectivity index (χ4n) is 0.325. The van der Waals surface area contributed by atoms with Gasteiger partial charge in [-0.3, -0.25) is 0 Å². The van der Waals surface area contributed by atoms with E-state index in [1.165, 1.54) is 0 Å². The van der Waals surface area contributed by atoms with Crippen LogP contribution in [0.15, 0.2) is 0 Å². The molecule has 1 unspecified atom stereocenters. The molecule has 2 nitrogen and oxygen atoms in total. The third-order valence-electron chi connectivity index (χ3n) is 0.753. The van der Waals surface area contributed by atoms with E-state index in [9.17, 15) is 0 Å². The minimum atomic E-state index is -2.80. The summed E-state index contributed by atoms with van der Waals surface area (Å²) >= 11 is -2.80. The fourth-order valence-corrected chi connectivity index (χ4v) is 1.95. The van der Waals surface area contributed by atoms with Crippen LogP contribution in [0.25, 0.3) is 0 Å². The summed E-state index contributed by atoms with van der Waals surface area (Å²) in [6, 6.07) is 0. The van der Waals surface area contributed by atoms with Crippen molar-refractivity contribution in [1.82, 2.24) is 0 Å². The van der Waals surface area contributed by atoms with Gasteiger partial charge in [-0.05, 0) is 0 Å². The first-order valence-electron chi connectivity index (χ1n) is 2.71. The Bertz CT molecular complexity index is 51.3. The Balaban J connectivity index is 2.72. The zero-order valence-corrected chi connectivity index (χ0v) is 8.98. The summed E-state index contributed by atoms with van der Waals surface area (Å²) in [6.07, 6.45) is 2.09. The van der Waals surface area contributed by atoms with Crippen molar-refractivity contribution in [3.63, 3.8) is 0 Å². The maximum absolute atomic E-state index is 8.53. The summed E-state index contributed by atoms with van der Waals surface area (Å²) in [7, 11) is 5.26. The van der Waals surface area contributed by atoms with E-state index in [0.29, 0.717) is 6.61 Å². The summed E-state index contributed by atoms with van der Waals surface area (Å²) in [6.45, 7) is 2.71. The van der Waals surface area contributed by atoms with Crippen LogP contribution in [0.2, 0.25) is 0 Å². The van der Waals surface area contributed by atoms with Gasteiger partial charge in [-0.15, -0.1) is 0 Å². The Hall–Kier alpha value is 1.01. The number of hydrogen-bond acceptors (Lipinski definition) is 2. The van der Waals surface area contributed by atoms with Gasteiger partial charge in [0.15, 0.2) is 0 Å². The summed E-state index contributed by atoms with van der Waals surface area (Å²) in [4.78, 5) is 0. The normalized spacial score (nSPS) is 13.9. The Morgan fingerprint density at radius 1 is 1.75 bits per heavy atom. The van der Waals surface area contributed by atoms with Crippen molar-refractivity contribution in [2.75, 3.05) is 6.61 Å². The van der Waals surface area contributed by atoms with Crippen LogP contribution in [0.4, 0.5) is 0 Å². The topological polar surface area (TPSA) is 29.5 Å². The molecule has 1 atom stereocenters. The van der Waals surface area contributed by atoms with Crippen LogP contribution in [-0.4, -0.2) is 29.5 Å². The summed E-state index contributed by atoms with van der Waals surface area (Å²) < 4.78 is 13.3. The van der Waals surface area contributed by atoms with Crippen molar-refractivity contribution >= 4 is 28.4 Å². The summed E-state index contributed by atoms with van der Waals surface area (Å²) in [5.41, 5.74) is 0. The predicted molar refractivity (Wildman–Crippen MR) is 36.1 cm³/mol. The van der Waals surface area contributed by atoms with E-state index >= 15 is 0 Å². The minimum absolute atomic E-state index is 0.636. The summed E-state index contributed by atoms with van der Waals surface area (Å²) in [5.74, 6) is 0. The molecule has 0 aromatic heterocycles. The first-order valence-corrected chi connectivity index (χ1v) is 9.70. The second-order valence-electron chi connectivity index (χ2n) is 1.52. The van der Waals surface area contributed by atoms with Crippen molar-refractivity contribution in [1.29, 1.82) is 0 Å². The molecule has 0 rings (SSSR count). The third kappa shape index (κ3) is 7.01. The van der Waals surface area contributed by atoms with Crippen LogP contribution in [0.3, 0.4) is 0 Å². The Kier molecular flexibility index (Phi) is 6.91. The molecule has 0 amide bonds. The third-order valence-corrected chi connectivity index (χ3v) is 3.06. The standard InChI is InChI=1S/C4H9O.ClH.H2O.Sn.H/c1-2-3-4-5;;;;/h2-4H2,1H3;1H;1H2;;/q-1;;;+3;/p-2. The zero-order valence-electron chi connectivity index (χ0n) is 4.93. The second-order valence-corrected chi connectivity index (χ2v) is 6.64. The Morgan fingerprint density at radius 2 is 2.38 bits per heavy atom. The van der Waals surface area contributed by atoms with Crippen LogP contribution < -0.4 is 0 Å². The second kappa shape index (κ2) is 6.13. The van der Waals surface area contributed by atoms with Gasteiger partial charge in [0.2, 0.25) is 0 Å². The average molecular weight is 245 g/mol. The van der Waals surface area contributed by atoms with Crippen molar-refractivity contribution in [2.45, 2.75) is 19.8 Å². The van der Waals surface area contributed by atoms with Gasteiger partial charge >= 0.3 is 61.3 Å². The van der Waals surface area contributed by atoms with Crippen molar-refractivity contribution in [3.8, 4) is 0 Å². The molecule has 0 fully saturated rings. The molecular formula is C4H11ClO2Sn. The molecule has 0 heterocycles. The van der Waals surface area contributed by atoms with Gasteiger partial charge in [-0.1, -0.05) is 0 Å². The molecule has 0 aromatic carbocycles. The van der Waals surface area contributed by atoms with Gasteiger partial charge in [0.1, 0.15) is 0 Å². The van der Waals surface area contributed by atoms with Gasteiger partial charge in [0.05, 0.1) is 0 Å². The SMILES string of the molecule is CCCC[O][SnH]([OH])[Cl]. The van der Waals surface area contributed by atoms with Crippen LogP contribution in [0, 0.1) is 0 Å². The number of hydrogen-bond donors (Lipinski definition) is 1. The van der Waals surface area contributed by atoms with Gasteiger partial charge < -0.3 is 0 Å². The van der Waals surface area contributed by atoms with E-state index in [1.807, 2.05) is 0 Å². The van der Waals surface area contributed by atoms with Crippen molar-refractivity contribution < 1.29 is 6.52 Å². The Morgan fingerprint density at radius 3 is 2.75 bits per heavy atom. The monoisotopic (exact) mass is 246 g/mol. The molecule has 0 aliphatic heterocycles. The quantitative estimate of drug-likeness (QED) is 0.585. The molecule has 8 heavy (non-hydrogen) atoms. The molecular weight excluding hydrogens is 234 g/mol. The first-order chi connectivity index (χ1) is 3.77. The molecule has 0 bridgehead atoms. The van der Waals surface area contributed by atoms with E-state index in [4.69, 9.17) is 15.4 Å². The predicted octanol–water partition coefficient (Wildman–Crippen LogP) is 0.751. The zero-order chi connectivity index (χ0) is 6.41. The van der Waals surface area contributed by atoms with E-state index in [0.717, 1.165) is 12.8 Å². The molecule has 0 aliphatic carbocycles. The first kappa shape index (κ1) is 9.01. The molecule has 0 saturated heterocycles. The molecule has 0 spiro atoms. The van der Waals surface area contributed by atoms with Crippen LogP contribution in [0.1, 0.15) is 19.8 Å². The van der Waals surface area contributed by atoms with Gasteiger partial charge in [0.25, 0.3) is 0 Å². The van der Waals surface area contributed by atoms with E-state index in [2.05, 4.69) is 6.92 Å². The van der Waals surface area contributed by atoms with Gasteiger partial charge in [-0.2, -0.15) is 0 Å². The molecule has 1 N–H and O–H groups in total. The molecule has 50 valence electrons. The molecule has 0 aromatic rings.